The molecule has 0 aromatic heterocycles. The number of halogens is 3. The van der Waals surface area contributed by atoms with Gasteiger partial charge in [0.15, 0.2) is 0 Å². The number of anilines is 1. The molecule has 0 spiro atoms. The molecule has 2 N–H and O–H groups in total. The Labute approximate surface area is 138 Å². The zero-order chi connectivity index (χ0) is 17.3. The molecule has 0 aliphatic carbocycles. The normalized spacial score (nSPS) is 25.2. The average Bonchev–Trinajstić information content (AvgIpc) is 3.00. The molecule has 2 saturated heterocycles. The lowest BCUT2D eigenvalue weighted by Crippen LogP contribution is -2.53. The van der Waals surface area contributed by atoms with E-state index in [1.54, 1.807) is 11.0 Å². The summed E-state index contributed by atoms with van der Waals surface area (Å²) in [6, 6.07) is 4.90. The van der Waals surface area contributed by atoms with Crippen molar-refractivity contribution >= 4 is 11.6 Å². The number of carbonyl (C=O) groups excluding carboxylic acids is 1. The molecule has 2 aliphatic rings. The molecular weight excluding hydrogens is 323 g/mol. The van der Waals surface area contributed by atoms with Crippen LogP contribution in [0.15, 0.2) is 24.3 Å². The van der Waals surface area contributed by atoms with E-state index in [2.05, 4.69) is 5.32 Å². The summed E-state index contributed by atoms with van der Waals surface area (Å²) in [6.07, 6.45) is -4.44. The fraction of sp³-hybridized carbons (Fsp3) is 0.562. The standard InChI is InChI=1S/C16H20F3N3O2/c17-16(18,19)11-2-1-3-12(8-11)21-4-6-22(7-5-21)15(24)14-9-13(23)10-20-14/h1-3,8,13-14,20,23H,4-7,9-10H2/t13-,14+/m1/s1. The summed E-state index contributed by atoms with van der Waals surface area (Å²) >= 11 is 0. The van der Waals surface area contributed by atoms with Crippen LogP contribution in [0, 0.1) is 0 Å². The van der Waals surface area contributed by atoms with E-state index in [9.17, 15) is 23.1 Å². The van der Waals surface area contributed by atoms with Gasteiger partial charge in [0.25, 0.3) is 0 Å². The number of β-amino-alcohol motifs (C(OH)–C–C–N with tert-alkyl or cyclic N) is 1. The van der Waals surface area contributed by atoms with Gasteiger partial charge in [-0.05, 0) is 24.6 Å². The smallest absolute Gasteiger partial charge is 0.392 e. The summed E-state index contributed by atoms with van der Waals surface area (Å²) in [5.74, 6) is -0.0461. The van der Waals surface area contributed by atoms with Crippen LogP contribution in [-0.4, -0.2) is 60.8 Å². The first-order chi connectivity index (χ1) is 11.3. The number of benzene rings is 1. The summed E-state index contributed by atoms with van der Waals surface area (Å²) in [6.45, 7) is 2.32. The summed E-state index contributed by atoms with van der Waals surface area (Å²) < 4.78 is 38.4. The van der Waals surface area contributed by atoms with Gasteiger partial charge >= 0.3 is 6.18 Å². The van der Waals surface area contributed by atoms with Gasteiger partial charge in [0.2, 0.25) is 5.91 Å². The highest BCUT2D eigenvalue weighted by molar-refractivity contribution is 5.82. The van der Waals surface area contributed by atoms with Crippen LogP contribution in [0.2, 0.25) is 0 Å². The number of hydrogen-bond acceptors (Lipinski definition) is 4. The molecule has 1 amide bonds. The van der Waals surface area contributed by atoms with Crippen molar-refractivity contribution in [3.63, 3.8) is 0 Å². The van der Waals surface area contributed by atoms with Gasteiger partial charge in [0.1, 0.15) is 0 Å². The Morgan fingerprint density at radius 3 is 2.50 bits per heavy atom. The van der Waals surface area contributed by atoms with Crippen LogP contribution in [0.5, 0.6) is 0 Å². The molecule has 2 atom stereocenters. The Morgan fingerprint density at radius 1 is 1.21 bits per heavy atom. The zero-order valence-corrected chi connectivity index (χ0v) is 13.1. The van der Waals surface area contributed by atoms with Crippen molar-refractivity contribution in [1.82, 2.24) is 10.2 Å². The quantitative estimate of drug-likeness (QED) is 0.844. The van der Waals surface area contributed by atoms with Crippen LogP contribution in [-0.2, 0) is 11.0 Å². The molecular formula is C16H20F3N3O2. The van der Waals surface area contributed by atoms with Gasteiger partial charge in [0.05, 0.1) is 17.7 Å². The van der Waals surface area contributed by atoms with Crippen molar-refractivity contribution in [2.45, 2.75) is 24.7 Å². The van der Waals surface area contributed by atoms with Crippen LogP contribution in [0.4, 0.5) is 18.9 Å². The predicted molar refractivity (Wildman–Crippen MR) is 82.7 cm³/mol. The van der Waals surface area contributed by atoms with E-state index < -0.39 is 17.8 Å². The minimum Gasteiger partial charge on any atom is -0.392 e. The largest absolute Gasteiger partial charge is 0.416 e. The molecule has 132 valence electrons. The highest BCUT2D eigenvalue weighted by Gasteiger charge is 2.34. The van der Waals surface area contributed by atoms with Gasteiger partial charge in [-0.15, -0.1) is 0 Å². The number of nitrogens with one attached hydrogen (secondary N) is 1. The predicted octanol–water partition coefficient (Wildman–Crippen LogP) is 1.08. The lowest BCUT2D eigenvalue weighted by Gasteiger charge is -2.37. The van der Waals surface area contributed by atoms with E-state index in [1.807, 2.05) is 4.90 Å². The first kappa shape index (κ1) is 17.0. The first-order valence-electron chi connectivity index (χ1n) is 7.97. The van der Waals surface area contributed by atoms with E-state index in [1.165, 1.54) is 6.07 Å². The summed E-state index contributed by atoms with van der Waals surface area (Å²) in [4.78, 5) is 15.9. The molecule has 24 heavy (non-hydrogen) atoms. The van der Waals surface area contributed by atoms with E-state index in [4.69, 9.17) is 0 Å². The van der Waals surface area contributed by atoms with Gasteiger partial charge in [-0.1, -0.05) is 6.07 Å². The third kappa shape index (κ3) is 3.64. The van der Waals surface area contributed by atoms with E-state index in [0.717, 1.165) is 12.1 Å². The molecule has 1 aromatic rings. The van der Waals surface area contributed by atoms with Crippen molar-refractivity contribution in [1.29, 1.82) is 0 Å². The van der Waals surface area contributed by atoms with Crippen molar-refractivity contribution in [3.8, 4) is 0 Å². The molecule has 0 radical (unpaired) electrons. The molecule has 2 heterocycles. The molecule has 3 rings (SSSR count). The number of hydrogen-bond donors (Lipinski definition) is 2. The van der Waals surface area contributed by atoms with Crippen LogP contribution >= 0.6 is 0 Å². The number of nitrogens with zero attached hydrogens (tertiary/aromatic N) is 2. The Hall–Kier alpha value is -1.80. The number of aliphatic hydroxyl groups is 1. The lowest BCUT2D eigenvalue weighted by molar-refractivity contribution is -0.137. The molecule has 2 aliphatic heterocycles. The van der Waals surface area contributed by atoms with Crippen molar-refractivity contribution in [3.05, 3.63) is 29.8 Å². The van der Waals surface area contributed by atoms with Crippen molar-refractivity contribution in [2.75, 3.05) is 37.6 Å². The van der Waals surface area contributed by atoms with Crippen LogP contribution < -0.4 is 10.2 Å². The molecule has 1 aromatic carbocycles. The number of piperazine rings is 1. The maximum absolute atomic E-state index is 12.8. The molecule has 8 heteroatoms. The second kappa shape index (κ2) is 6.60. The van der Waals surface area contributed by atoms with Gasteiger partial charge < -0.3 is 20.2 Å². The minimum atomic E-state index is -4.36. The fourth-order valence-electron chi connectivity index (χ4n) is 3.19. The van der Waals surface area contributed by atoms with E-state index in [0.29, 0.717) is 44.8 Å². The minimum absolute atomic E-state index is 0.0461. The monoisotopic (exact) mass is 343 g/mol. The highest BCUT2D eigenvalue weighted by atomic mass is 19.4. The molecule has 2 fully saturated rings. The van der Waals surface area contributed by atoms with Crippen molar-refractivity contribution in [2.24, 2.45) is 0 Å². The Kier molecular flexibility index (Phi) is 4.69. The van der Waals surface area contributed by atoms with Gasteiger partial charge in [-0.25, -0.2) is 0 Å². The number of alkyl halides is 3. The Morgan fingerprint density at radius 2 is 1.92 bits per heavy atom. The molecule has 0 saturated carbocycles. The highest BCUT2D eigenvalue weighted by Crippen LogP contribution is 2.31. The number of aliphatic hydroxyl groups excluding tert-OH is 1. The maximum atomic E-state index is 12.8. The summed E-state index contributed by atoms with van der Waals surface area (Å²) in [5, 5.41) is 12.5. The molecule has 5 nitrogen and oxygen atoms in total. The van der Waals surface area contributed by atoms with Crippen LogP contribution in [0.25, 0.3) is 0 Å². The topological polar surface area (TPSA) is 55.8 Å². The maximum Gasteiger partial charge on any atom is 0.416 e. The summed E-state index contributed by atoms with van der Waals surface area (Å²) in [7, 11) is 0. The van der Waals surface area contributed by atoms with Gasteiger partial charge in [0, 0.05) is 38.4 Å². The molecule has 0 bridgehead atoms. The Balaban J connectivity index is 1.60. The number of rotatable bonds is 2. The van der Waals surface area contributed by atoms with Crippen molar-refractivity contribution < 1.29 is 23.1 Å². The second-order valence-corrected chi connectivity index (χ2v) is 6.21. The van der Waals surface area contributed by atoms with Gasteiger partial charge in [-0.3, -0.25) is 4.79 Å². The summed E-state index contributed by atoms with van der Waals surface area (Å²) in [5.41, 5.74) is -0.144. The average molecular weight is 343 g/mol. The molecule has 0 unspecified atom stereocenters. The lowest BCUT2D eigenvalue weighted by atomic mass is 10.1. The van der Waals surface area contributed by atoms with E-state index >= 15 is 0 Å². The number of amides is 1. The third-order valence-electron chi connectivity index (χ3n) is 4.54. The first-order valence-corrected chi connectivity index (χ1v) is 7.97. The third-order valence-corrected chi connectivity index (χ3v) is 4.54. The number of carbonyl (C=O) groups is 1. The fourth-order valence-corrected chi connectivity index (χ4v) is 3.19. The zero-order valence-electron chi connectivity index (χ0n) is 13.1. The second-order valence-electron chi connectivity index (χ2n) is 6.21. The Bertz CT molecular complexity index is 600. The van der Waals surface area contributed by atoms with E-state index in [-0.39, 0.29) is 11.9 Å². The van der Waals surface area contributed by atoms with Crippen LogP contribution in [0.3, 0.4) is 0 Å². The SMILES string of the molecule is O=C([C@@H]1C[C@@H](O)CN1)N1CCN(c2cccc(C(F)(F)F)c2)CC1. The van der Waals surface area contributed by atoms with Gasteiger partial charge in [-0.2, -0.15) is 13.2 Å². The van der Waals surface area contributed by atoms with Crippen LogP contribution in [0.1, 0.15) is 12.0 Å².